The molecule has 5 nitrogen and oxygen atoms in total. The van der Waals surface area contributed by atoms with Gasteiger partial charge in [-0.1, -0.05) is 39.0 Å². The van der Waals surface area contributed by atoms with E-state index in [-0.39, 0.29) is 5.41 Å². The van der Waals surface area contributed by atoms with Gasteiger partial charge in [-0.3, -0.25) is 4.98 Å². The Morgan fingerprint density at radius 1 is 1.00 bits per heavy atom. The van der Waals surface area contributed by atoms with Gasteiger partial charge in [-0.25, -0.2) is 0 Å². The van der Waals surface area contributed by atoms with E-state index in [4.69, 9.17) is 4.42 Å². The summed E-state index contributed by atoms with van der Waals surface area (Å²) in [7, 11) is 0. The molecule has 5 heteroatoms. The second kappa shape index (κ2) is 6.93. The fraction of sp³-hybridized carbons (Fsp3) is 0.316. The molecule has 0 amide bonds. The Labute approximate surface area is 142 Å². The van der Waals surface area contributed by atoms with Gasteiger partial charge in [0.05, 0.1) is 6.54 Å². The lowest BCUT2D eigenvalue weighted by Crippen LogP contribution is -2.12. The minimum atomic E-state index is 0.134. The predicted molar refractivity (Wildman–Crippen MR) is 93.2 cm³/mol. The van der Waals surface area contributed by atoms with Crippen LogP contribution in [0.25, 0.3) is 11.5 Å². The standard InChI is InChI=1S/C19H22N4O/c1-19(2,3)16-8-6-15(7-9-16)18-23-22-17(24-18)13-21-12-14-5-4-10-20-11-14/h4-11,21H,12-13H2,1-3H3. The first-order chi connectivity index (χ1) is 11.5. The molecule has 0 aliphatic rings. The second-order valence-electron chi connectivity index (χ2n) is 6.79. The first-order valence-corrected chi connectivity index (χ1v) is 8.05. The lowest BCUT2D eigenvalue weighted by molar-refractivity contribution is 0.477. The van der Waals surface area contributed by atoms with Crippen LogP contribution in [0.3, 0.4) is 0 Å². The van der Waals surface area contributed by atoms with Crippen LogP contribution in [0.5, 0.6) is 0 Å². The Hall–Kier alpha value is -2.53. The lowest BCUT2D eigenvalue weighted by atomic mass is 9.87. The van der Waals surface area contributed by atoms with Crippen LogP contribution in [-0.2, 0) is 18.5 Å². The van der Waals surface area contributed by atoms with Crippen molar-refractivity contribution in [3.63, 3.8) is 0 Å². The topological polar surface area (TPSA) is 63.8 Å². The van der Waals surface area contributed by atoms with Crippen molar-refractivity contribution in [2.24, 2.45) is 0 Å². The quantitative estimate of drug-likeness (QED) is 0.775. The van der Waals surface area contributed by atoms with Crippen LogP contribution in [0.4, 0.5) is 0 Å². The number of nitrogens with zero attached hydrogens (tertiary/aromatic N) is 3. The average Bonchev–Trinajstić information content (AvgIpc) is 3.04. The number of benzene rings is 1. The molecule has 2 heterocycles. The second-order valence-corrected chi connectivity index (χ2v) is 6.79. The van der Waals surface area contributed by atoms with Gasteiger partial charge >= 0.3 is 0 Å². The third-order valence-electron chi connectivity index (χ3n) is 3.79. The van der Waals surface area contributed by atoms with Gasteiger partial charge in [0.25, 0.3) is 0 Å². The van der Waals surface area contributed by atoms with E-state index in [1.807, 2.05) is 30.5 Å². The molecular weight excluding hydrogens is 300 g/mol. The lowest BCUT2D eigenvalue weighted by Gasteiger charge is -2.18. The molecule has 1 aromatic carbocycles. The summed E-state index contributed by atoms with van der Waals surface area (Å²) in [5.41, 5.74) is 3.47. The molecule has 0 spiro atoms. The number of pyridine rings is 1. The zero-order valence-electron chi connectivity index (χ0n) is 14.3. The molecule has 0 atom stereocenters. The van der Waals surface area contributed by atoms with E-state index in [9.17, 15) is 0 Å². The molecule has 2 aromatic heterocycles. The molecule has 124 valence electrons. The molecule has 24 heavy (non-hydrogen) atoms. The van der Waals surface area contributed by atoms with E-state index in [0.717, 1.165) is 11.1 Å². The van der Waals surface area contributed by atoms with Crippen molar-refractivity contribution in [1.29, 1.82) is 0 Å². The normalized spacial score (nSPS) is 11.6. The van der Waals surface area contributed by atoms with Crippen molar-refractivity contribution in [2.75, 3.05) is 0 Å². The molecule has 0 unspecified atom stereocenters. The third-order valence-corrected chi connectivity index (χ3v) is 3.79. The first-order valence-electron chi connectivity index (χ1n) is 8.05. The zero-order chi connectivity index (χ0) is 17.0. The number of aromatic nitrogens is 3. The molecule has 0 aliphatic heterocycles. The smallest absolute Gasteiger partial charge is 0.247 e. The highest BCUT2D eigenvalue weighted by atomic mass is 16.4. The summed E-state index contributed by atoms with van der Waals surface area (Å²) in [6.45, 7) is 7.83. The highest BCUT2D eigenvalue weighted by molar-refractivity contribution is 5.53. The minimum absolute atomic E-state index is 0.134. The number of hydrogen-bond acceptors (Lipinski definition) is 5. The van der Waals surface area contributed by atoms with Crippen molar-refractivity contribution in [1.82, 2.24) is 20.5 Å². The molecule has 3 rings (SSSR count). The SMILES string of the molecule is CC(C)(C)c1ccc(-c2nnc(CNCc3cccnc3)o2)cc1. The van der Waals surface area contributed by atoms with Crippen LogP contribution < -0.4 is 5.32 Å². The van der Waals surface area contributed by atoms with E-state index in [1.165, 1.54) is 5.56 Å². The summed E-state index contributed by atoms with van der Waals surface area (Å²) in [4.78, 5) is 4.09. The van der Waals surface area contributed by atoms with Gasteiger partial charge in [-0.05, 0) is 34.7 Å². The van der Waals surface area contributed by atoms with Gasteiger partial charge in [0, 0.05) is 24.5 Å². The van der Waals surface area contributed by atoms with E-state index < -0.39 is 0 Å². The maximum absolute atomic E-state index is 5.73. The molecule has 0 aliphatic carbocycles. The molecule has 0 saturated carbocycles. The van der Waals surface area contributed by atoms with Gasteiger partial charge in [0.1, 0.15) is 0 Å². The molecule has 1 N–H and O–H groups in total. The van der Waals surface area contributed by atoms with E-state index in [2.05, 4.69) is 53.4 Å². The summed E-state index contributed by atoms with van der Waals surface area (Å²) in [6, 6.07) is 12.2. The molecule has 0 radical (unpaired) electrons. The summed E-state index contributed by atoms with van der Waals surface area (Å²) in [5, 5.41) is 11.5. The molecule has 0 fully saturated rings. The fourth-order valence-electron chi connectivity index (χ4n) is 2.37. The van der Waals surface area contributed by atoms with Crippen LogP contribution >= 0.6 is 0 Å². The Kier molecular flexibility index (Phi) is 4.71. The van der Waals surface area contributed by atoms with Crippen LogP contribution in [0.1, 0.15) is 37.8 Å². The van der Waals surface area contributed by atoms with Crippen LogP contribution in [0, 0.1) is 0 Å². The van der Waals surface area contributed by atoms with Crippen molar-refractivity contribution in [2.45, 2.75) is 39.3 Å². The number of rotatable bonds is 5. The van der Waals surface area contributed by atoms with Gasteiger partial charge in [-0.2, -0.15) is 0 Å². The molecule has 0 saturated heterocycles. The maximum atomic E-state index is 5.73. The number of hydrogen-bond donors (Lipinski definition) is 1. The van der Waals surface area contributed by atoms with E-state index >= 15 is 0 Å². The van der Waals surface area contributed by atoms with Gasteiger partial charge in [-0.15, -0.1) is 10.2 Å². The summed E-state index contributed by atoms with van der Waals surface area (Å²) >= 11 is 0. The molecule has 0 bridgehead atoms. The van der Waals surface area contributed by atoms with Crippen LogP contribution in [-0.4, -0.2) is 15.2 Å². The fourth-order valence-corrected chi connectivity index (χ4v) is 2.37. The summed E-state index contributed by atoms with van der Waals surface area (Å²) < 4.78 is 5.73. The Morgan fingerprint density at radius 2 is 1.79 bits per heavy atom. The number of nitrogens with one attached hydrogen (secondary N) is 1. The summed E-state index contributed by atoms with van der Waals surface area (Å²) in [5.74, 6) is 1.13. The van der Waals surface area contributed by atoms with Crippen molar-refractivity contribution < 1.29 is 4.42 Å². The molecule has 3 aromatic rings. The van der Waals surface area contributed by atoms with Crippen molar-refractivity contribution in [3.05, 3.63) is 65.8 Å². The van der Waals surface area contributed by atoms with Crippen molar-refractivity contribution in [3.8, 4) is 11.5 Å². The van der Waals surface area contributed by atoms with Gasteiger partial charge in [0.2, 0.25) is 11.8 Å². The monoisotopic (exact) mass is 322 g/mol. The highest BCUT2D eigenvalue weighted by Gasteiger charge is 2.14. The Bertz CT molecular complexity index is 773. The van der Waals surface area contributed by atoms with Crippen LogP contribution in [0.2, 0.25) is 0 Å². The largest absolute Gasteiger partial charge is 0.419 e. The highest BCUT2D eigenvalue weighted by Crippen LogP contribution is 2.25. The third kappa shape index (κ3) is 4.06. The Morgan fingerprint density at radius 3 is 2.46 bits per heavy atom. The summed E-state index contributed by atoms with van der Waals surface area (Å²) in [6.07, 6.45) is 3.60. The van der Waals surface area contributed by atoms with Crippen LogP contribution in [0.15, 0.2) is 53.2 Å². The van der Waals surface area contributed by atoms with Gasteiger partial charge < -0.3 is 9.73 Å². The molecular formula is C19H22N4O. The average molecular weight is 322 g/mol. The maximum Gasteiger partial charge on any atom is 0.247 e. The minimum Gasteiger partial charge on any atom is -0.419 e. The van der Waals surface area contributed by atoms with E-state index in [1.54, 1.807) is 6.20 Å². The van der Waals surface area contributed by atoms with Crippen molar-refractivity contribution >= 4 is 0 Å². The zero-order valence-corrected chi connectivity index (χ0v) is 14.3. The predicted octanol–water partition coefficient (Wildman–Crippen LogP) is 3.72. The van der Waals surface area contributed by atoms with E-state index in [0.29, 0.717) is 24.9 Å². The first kappa shape index (κ1) is 16.3. The van der Waals surface area contributed by atoms with Gasteiger partial charge in [0.15, 0.2) is 0 Å². The Balaban J connectivity index is 1.61.